The summed E-state index contributed by atoms with van der Waals surface area (Å²) in [6.45, 7) is 2.76. The Morgan fingerprint density at radius 1 is 1.38 bits per heavy atom. The minimum atomic E-state index is 0.523. The Morgan fingerprint density at radius 2 is 2.25 bits per heavy atom. The molecule has 0 bridgehead atoms. The summed E-state index contributed by atoms with van der Waals surface area (Å²) in [6, 6.07) is 0. The zero-order valence-electron chi connectivity index (χ0n) is 8.77. The number of anilines is 1. The summed E-state index contributed by atoms with van der Waals surface area (Å²) >= 11 is 7.62. The molecule has 0 amide bonds. The molecule has 0 radical (unpaired) electrons. The molecule has 0 spiro atoms. The molecule has 0 aliphatic heterocycles. The molecule has 0 aliphatic carbocycles. The van der Waals surface area contributed by atoms with Gasteiger partial charge in [-0.25, -0.2) is 15.0 Å². The van der Waals surface area contributed by atoms with Crippen LogP contribution in [0.4, 0.5) is 5.82 Å². The first-order chi connectivity index (χ1) is 7.79. The van der Waals surface area contributed by atoms with Crippen molar-refractivity contribution in [3.8, 4) is 0 Å². The van der Waals surface area contributed by atoms with Crippen molar-refractivity contribution in [3.05, 3.63) is 33.6 Å². The lowest BCUT2D eigenvalue weighted by Crippen LogP contribution is -2.01. The molecule has 0 saturated heterocycles. The Bertz CT molecular complexity index is 471. The first kappa shape index (κ1) is 11.3. The Morgan fingerprint density at radius 3 is 2.94 bits per heavy atom. The number of aryl methyl sites for hydroxylation is 1. The topological polar surface area (TPSA) is 50.7 Å². The largest absolute Gasteiger partial charge is 0.362 e. The van der Waals surface area contributed by atoms with Crippen LogP contribution in [-0.4, -0.2) is 15.0 Å². The monoisotopic (exact) mass is 254 g/mol. The maximum atomic E-state index is 5.92. The van der Waals surface area contributed by atoms with E-state index in [0.717, 1.165) is 11.4 Å². The predicted molar refractivity (Wildman–Crippen MR) is 65.9 cm³/mol. The normalized spacial score (nSPS) is 10.4. The Kier molecular flexibility index (Phi) is 3.69. The molecule has 1 N–H and O–H groups in total. The number of hydrogen-bond acceptors (Lipinski definition) is 5. The van der Waals surface area contributed by atoms with Gasteiger partial charge in [-0.1, -0.05) is 18.5 Å². The second kappa shape index (κ2) is 5.23. The quantitative estimate of drug-likeness (QED) is 0.912. The first-order valence-electron chi connectivity index (χ1n) is 4.92. The summed E-state index contributed by atoms with van der Waals surface area (Å²) in [5.41, 5.74) is 0. The zero-order valence-corrected chi connectivity index (χ0v) is 10.3. The maximum absolute atomic E-state index is 5.92. The lowest BCUT2D eigenvalue weighted by Gasteiger charge is -2.03. The molecule has 2 aromatic rings. The van der Waals surface area contributed by atoms with Gasteiger partial charge >= 0.3 is 0 Å². The molecule has 0 unspecified atom stereocenters. The smallest absolute Gasteiger partial charge is 0.148 e. The highest BCUT2D eigenvalue weighted by Crippen LogP contribution is 2.19. The predicted octanol–water partition coefficient (Wildman–Crippen LogP) is 2.76. The van der Waals surface area contributed by atoms with E-state index in [1.165, 1.54) is 11.2 Å². The van der Waals surface area contributed by atoms with Crippen molar-refractivity contribution in [1.82, 2.24) is 15.0 Å². The van der Waals surface area contributed by atoms with E-state index in [9.17, 15) is 0 Å². The van der Waals surface area contributed by atoms with Gasteiger partial charge in [-0.15, -0.1) is 11.3 Å². The van der Waals surface area contributed by atoms with E-state index in [2.05, 4.69) is 27.2 Å². The number of nitrogens with zero attached hydrogens (tertiary/aromatic N) is 3. The lowest BCUT2D eigenvalue weighted by atomic mass is 10.4. The number of nitrogens with one attached hydrogen (secondary N) is 1. The zero-order chi connectivity index (χ0) is 11.4. The summed E-state index contributed by atoms with van der Waals surface area (Å²) in [4.78, 5) is 13.4. The third kappa shape index (κ3) is 2.68. The highest BCUT2D eigenvalue weighted by atomic mass is 35.5. The fourth-order valence-electron chi connectivity index (χ4n) is 1.20. The van der Waals surface area contributed by atoms with Crippen LogP contribution in [0.3, 0.4) is 0 Å². The van der Waals surface area contributed by atoms with E-state index in [1.54, 1.807) is 17.5 Å². The molecule has 0 fully saturated rings. The third-order valence-corrected chi connectivity index (χ3v) is 3.44. The van der Waals surface area contributed by atoms with Gasteiger partial charge in [0.05, 0.1) is 12.7 Å². The van der Waals surface area contributed by atoms with Crippen LogP contribution in [0.2, 0.25) is 5.02 Å². The van der Waals surface area contributed by atoms with Crippen molar-refractivity contribution in [2.75, 3.05) is 5.32 Å². The SMILES string of the molecule is CCc1cnc(CNc2ncncc2Cl)s1. The van der Waals surface area contributed by atoms with E-state index in [-0.39, 0.29) is 0 Å². The number of aromatic nitrogens is 3. The molecule has 4 nitrogen and oxygen atoms in total. The van der Waals surface area contributed by atoms with Crippen molar-refractivity contribution in [2.24, 2.45) is 0 Å². The molecule has 0 aromatic carbocycles. The average Bonchev–Trinajstić information content (AvgIpc) is 2.76. The lowest BCUT2D eigenvalue weighted by molar-refractivity contribution is 1.06. The second-order valence-corrected chi connectivity index (χ2v) is 4.75. The third-order valence-electron chi connectivity index (χ3n) is 2.02. The van der Waals surface area contributed by atoms with Gasteiger partial charge in [0, 0.05) is 11.1 Å². The molecule has 2 rings (SSSR count). The highest BCUT2D eigenvalue weighted by Gasteiger charge is 2.03. The number of rotatable bonds is 4. The van der Waals surface area contributed by atoms with E-state index < -0.39 is 0 Å². The van der Waals surface area contributed by atoms with Gasteiger partial charge in [0.2, 0.25) is 0 Å². The molecule has 0 atom stereocenters. The van der Waals surface area contributed by atoms with Gasteiger partial charge in [0.1, 0.15) is 22.2 Å². The first-order valence-corrected chi connectivity index (χ1v) is 6.12. The van der Waals surface area contributed by atoms with Crippen LogP contribution in [0.1, 0.15) is 16.8 Å². The van der Waals surface area contributed by atoms with Crippen LogP contribution in [0.5, 0.6) is 0 Å². The summed E-state index contributed by atoms with van der Waals surface area (Å²) in [7, 11) is 0. The van der Waals surface area contributed by atoms with Crippen LogP contribution in [0, 0.1) is 0 Å². The van der Waals surface area contributed by atoms with Gasteiger partial charge in [-0.2, -0.15) is 0 Å². The van der Waals surface area contributed by atoms with Crippen molar-refractivity contribution in [2.45, 2.75) is 19.9 Å². The van der Waals surface area contributed by atoms with Crippen molar-refractivity contribution >= 4 is 28.8 Å². The molecule has 0 aliphatic rings. The Balaban J connectivity index is 1.99. The standard InChI is InChI=1S/C10H11ClN4S/c1-2-7-3-13-9(16-7)5-14-10-8(11)4-12-6-15-10/h3-4,6H,2,5H2,1H3,(H,12,14,15). The van der Waals surface area contributed by atoms with Crippen LogP contribution in [-0.2, 0) is 13.0 Å². The number of hydrogen-bond donors (Lipinski definition) is 1. The molecule has 0 saturated carbocycles. The van der Waals surface area contributed by atoms with E-state index >= 15 is 0 Å². The summed E-state index contributed by atoms with van der Waals surface area (Å²) in [5, 5.41) is 4.69. The molecular weight excluding hydrogens is 244 g/mol. The summed E-state index contributed by atoms with van der Waals surface area (Å²) in [5.74, 6) is 0.643. The van der Waals surface area contributed by atoms with Crippen LogP contribution < -0.4 is 5.32 Å². The molecule has 84 valence electrons. The minimum absolute atomic E-state index is 0.523. The van der Waals surface area contributed by atoms with Gasteiger partial charge < -0.3 is 5.32 Å². The van der Waals surface area contributed by atoms with Crippen LogP contribution in [0.15, 0.2) is 18.7 Å². The maximum Gasteiger partial charge on any atom is 0.148 e. The van der Waals surface area contributed by atoms with Crippen molar-refractivity contribution in [3.63, 3.8) is 0 Å². The second-order valence-electron chi connectivity index (χ2n) is 3.15. The molecule has 2 heterocycles. The van der Waals surface area contributed by atoms with E-state index in [4.69, 9.17) is 11.6 Å². The minimum Gasteiger partial charge on any atom is -0.362 e. The van der Waals surface area contributed by atoms with Crippen LogP contribution in [0.25, 0.3) is 0 Å². The number of halogens is 1. The highest BCUT2D eigenvalue weighted by molar-refractivity contribution is 7.11. The van der Waals surface area contributed by atoms with E-state index in [1.807, 2.05) is 6.20 Å². The van der Waals surface area contributed by atoms with Gasteiger partial charge in [-0.05, 0) is 6.42 Å². The Labute approximate surface area is 103 Å². The van der Waals surface area contributed by atoms with Gasteiger partial charge in [0.25, 0.3) is 0 Å². The Hall–Kier alpha value is -1.20. The fraction of sp³-hybridized carbons (Fsp3) is 0.300. The van der Waals surface area contributed by atoms with Crippen molar-refractivity contribution < 1.29 is 0 Å². The van der Waals surface area contributed by atoms with Crippen LogP contribution >= 0.6 is 22.9 Å². The molecule has 2 aromatic heterocycles. The average molecular weight is 255 g/mol. The number of thiazole rings is 1. The molecule has 16 heavy (non-hydrogen) atoms. The summed E-state index contributed by atoms with van der Waals surface area (Å²) in [6.07, 6.45) is 5.96. The fourth-order valence-corrected chi connectivity index (χ4v) is 2.17. The van der Waals surface area contributed by atoms with Crippen molar-refractivity contribution in [1.29, 1.82) is 0 Å². The molecule has 6 heteroatoms. The van der Waals surface area contributed by atoms with Gasteiger partial charge in [-0.3, -0.25) is 0 Å². The summed E-state index contributed by atoms with van der Waals surface area (Å²) < 4.78 is 0. The van der Waals surface area contributed by atoms with E-state index in [0.29, 0.717) is 17.4 Å². The van der Waals surface area contributed by atoms with Gasteiger partial charge in [0.15, 0.2) is 0 Å². The molecular formula is C10H11ClN4S.